The second-order valence-corrected chi connectivity index (χ2v) is 7.22. The highest BCUT2D eigenvalue weighted by atomic mass is 19.2. The van der Waals surface area contributed by atoms with Crippen LogP contribution in [0.5, 0.6) is 0 Å². The van der Waals surface area contributed by atoms with E-state index in [9.17, 15) is 31.5 Å². The molecule has 0 aliphatic heterocycles. The van der Waals surface area contributed by atoms with Crippen LogP contribution in [0.3, 0.4) is 0 Å². The van der Waals surface area contributed by atoms with Crippen LogP contribution in [0.1, 0.15) is 41.5 Å². The van der Waals surface area contributed by atoms with E-state index >= 15 is 0 Å². The Hall–Kier alpha value is -3.56. The summed E-state index contributed by atoms with van der Waals surface area (Å²) in [6, 6.07) is 7.23. The van der Waals surface area contributed by atoms with Gasteiger partial charge in [0.2, 0.25) is 11.7 Å². The van der Waals surface area contributed by atoms with Crippen molar-refractivity contribution in [1.82, 2.24) is 4.57 Å². The van der Waals surface area contributed by atoms with Gasteiger partial charge >= 0.3 is 5.97 Å². The average Bonchev–Trinajstić information content (AvgIpc) is 3.13. The van der Waals surface area contributed by atoms with Crippen molar-refractivity contribution in [3.8, 4) is 0 Å². The summed E-state index contributed by atoms with van der Waals surface area (Å²) in [5, 5.41) is 4.34. The Morgan fingerprint density at radius 2 is 1.53 bits per heavy atom. The molecule has 0 fully saturated rings. The van der Waals surface area contributed by atoms with E-state index in [1.165, 1.54) is 18.4 Å². The van der Waals surface area contributed by atoms with E-state index < -0.39 is 40.6 Å². The number of nitrogens with zero attached hydrogens (tertiary/aromatic N) is 2. The van der Waals surface area contributed by atoms with Crippen molar-refractivity contribution in [2.75, 3.05) is 0 Å². The number of oxime groups is 1. The number of carbonyl (C=O) groups excluding carboxylic acids is 2. The Kier molecular flexibility index (Phi) is 6.42. The Morgan fingerprint density at radius 1 is 0.969 bits per heavy atom. The third-order valence-corrected chi connectivity index (χ3v) is 5.06. The summed E-state index contributed by atoms with van der Waals surface area (Å²) >= 11 is 0. The number of aromatic nitrogens is 1. The molecule has 2 aromatic carbocycles. The highest BCUT2D eigenvalue weighted by Crippen LogP contribution is 2.25. The van der Waals surface area contributed by atoms with Gasteiger partial charge < -0.3 is 4.84 Å². The first-order valence-electron chi connectivity index (χ1n) is 9.41. The average molecular weight is 452 g/mol. The Balaban J connectivity index is 1.82. The first-order valence-corrected chi connectivity index (χ1v) is 9.41. The zero-order valence-electron chi connectivity index (χ0n) is 17.2. The van der Waals surface area contributed by atoms with Crippen LogP contribution in [0.2, 0.25) is 0 Å². The lowest BCUT2D eigenvalue weighted by atomic mass is 9.97. The monoisotopic (exact) mass is 452 g/mol. The van der Waals surface area contributed by atoms with Gasteiger partial charge in [0.05, 0.1) is 11.2 Å². The van der Waals surface area contributed by atoms with Crippen molar-refractivity contribution in [1.29, 1.82) is 0 Å². The molecule has 3 aromatic rings. The van der Waals surface area contributed by atoms with E-state index in [0.717, 1.165) is 16.5 Å². The van der Waals surface area contributed by atoms with Gasteiger partial charge in [-0.3, -0.25) is 9.36 Å². The fraction of sp³-hybridized carbons (Fsp3) is 0.227. The maximum absolute atomic E-state index is 13.7. The molecule has 0 saturated carbocycles. The number of benzene rings is 2. The van der Waals surface area contributed by atoms with E-state index in [1.807, 2.05) is 12.1 Å². The smallest absolute Gasteiger partial charge is 0.313 e. The van der Waals surface area contributed by atoms with Gasteiger partial charge in [-0.15, -0.1) is 0 Å². The second kappa shape index (κ2) is 8.89. The third kappa shape index (κ3) is 4.12. The molecule has 1 aromatic heterocycles. The van der Waals surface area contributed by atoms with Crippen LogP contribution >= 0.6 is 0 Å². The molecule has 1 heterocycles. The van der Waals surface area contributed by atoms with Crippen molar-refractivity contribution >= 4 is 28.5 Å². The van der Waals surface area contributed by atoms with Crippen LogP contribution in [0.15, 0.2) is 35.6 Å². The van der Waals surface area contributed by atoms with Crippen LogP contribution in [-0.4, -0.2) is 22.2 Å². The van der Waals surface area contributed by atoms with Crippen molar-refractivity contribution < 1.29 is 36.4 Å². The van der Waals surface area contributed by atoms with E-state index in [0.29, 0.717) is 6.42 Å². The Labute approximate surface area is 179 Å². The molecular weight excluding hydrogens is 435 g/mol. The van der Waals surface area contributed by atoms with E-state index in [1.54, 1.807) is 25.3 Å². The number of para-hydroxylation sites is 1. The van der Waals surface area contributed by atoms with E-state index in [2.05, 4.69) is 9.99 Å². The van der Waals surface area contributed by atoms with Crippen molar-refractivity contribution in [3.63, 3.8) is 0 Å². The summed E-state index contributed by atoms with van der Waals surface area (Å²) in [6.45, 7) is 4.62. The summed E-state index contributed by atoms with van der Waals surface area (Å²) in [7, 11) is 0. The Bertz CT molecular complexity index is 1240. The Morgan fingerprint density at radius 3 is 2.12 bits per heavy atom. The molecule has 168 valence electrons. The second-order valence-electron chi connectivity index (χ2n) is 7.22. The fourth-order valence-electron chi connectivity index (χ4n) is 3.18. The predicted octanol–water partition coefficient (Wildman–Crippen LogP) is 5.41. The normalized spacial score (nSPS) is 12.8. The van der Waals surface area contributed by atoms with Crippen molar-refractivity contribution in [2.45, 2.75) is 27.2 Å². The molecule has 5 nitrogen and oxygen atoms in total. The summed E-state index contributed by atoms with van der Waals surface area (Å²) < 4.78 is 68.7. The maximum atomic E-state index is 13.7. The molecule has 0 saturated heterocycles. The molecule has 0 aliphatic rings. The molecule has 0 spiro atoms. The molecule has 0 aliphatic carbocycles. The number of halogens is 5. The lowest BCUT2D eigenvalue weighted by Crippen LogP contribution is -2.16. The molecule has 0 radical (unpaired) electrons. The molecule has 0 bridgehead atoms. The number of rotatable bonds is 5. The first-order chi connectivity index (χ1) is 15.0. The molecule has 32 heavy (non-hydrogen) atoms. The molecule has 0 amide bonds. The van der Waals surface area contributed by atoms with Gasteiger partial charge in [0.25, 0.3) is 0 Å². The molecule has 3 rings (SSSR count). The SMILES string of the molecule is CC(=O)n1cc(CC(C)/C(C)=N/OC(=O)c2c(F)c(F)c(F)c(F)c2F)c2ccccc21. The minimum atomic E-state index is -2.38. The maximum Gasteiger partial charge on any atom is 0.371 e. The summed E-state index contributed by atoms with van der Waals surface area (Å²) in [5.41, 5.74) is 0.0236. The molecular formula is C22H17F5N2O3. The minimum Gasteiger partial charge on any atom is -0.313 e. The van der Waals surface area contributed by atoms with Crippen LogP contribution < -0.4 is 0 Å². The molecule has 10 heteroatoms. The summed E-state index contributed by atoms with van der Waals surface area (Å²) in [5.74, 6) is -13.9. The van der Waals surface area contributed by atoms with Gasteiger partial charge in [0.1, 0.15) is 5.56 Å². The van der Waals surface area contributed by atoms with Crippen molar-refractivity contribution in [2.24, 2.45) is 11.1 Å². The van der Waals surface area contributed by atoms with Gasteiger partial charge in [-0.2, -0.15) is 0 Å². The number of hydrogen-bond donors (Lipinski definition) is 0. The van der Waals surface area contributed by atoms with Gasteiger partial charge in [-0.25, -0.2) is 26.7 Å². The zero-order valence-corrected chi connectivity index (χ0v) is 17.2. The van der Waals surface area contributed by atoms with Gasteiger partial charge in [0.15, 0.2) is 23.3 Å². The standard InChI is InChI=1S/C22H17F5N2O3/c1-10(8-13-9-29(12(3)30)15-7-5-4-6-14(13)15)11(2)28-32-22(31)16-17(23)19(25)21(27)20(26)18(16)24/h4-7,9-10H,8H2,1-3H3/b28-11+. The van der Waals surface area contributed by atoms with E-state index in [4.69, 9.17) is 0 Å². The third-order valence-electron chi connectivity index (χ3n) is 5.06. The molecule has 1 unspecified atom stereocenters. The van der Waals surface area contributed by atoms with Gasteiger partial charge in [-0.1, -0.05) is 30.3 Å². The number of hydrogen-bond acceptors (Lipinski definition) is 4. The van der Waals surface area contributed by atoms with Gasteiger partial charge in [0, 0.05) is 24.4 Å². The highest BCUT2D eigenvalue weighted by Gasteiger charge is 2.31. The zero-order chi connectivity index (χ0) is 23.7. The van der Waals surface area contributed by atoms with Crippen molar-refractivity contribution in [3.05, 3.63) is 70.7 Å². The van der Waals surface area contributed by atoms with Crippen LogP contribution in [0.25, 0.3) is 10.9 Å². The number of carbonyl (C=O) groups is 2. The summed E-state index contributed by atoms with van der Waals surface area (Å²) in [4.78, 5) is 28.3. The molecule has 1 atom stereocenters. The minimum absolute atomic E-state index is 0.178. The predicted molar refractivity (Wildman–Crippen MR) is 106 cm³/mol. The van der Waals surface area contributed by atoms with Crippen LogP contribution in [0, 0.1) is 35.0 Å². The highest BCUT2D eigenvalue weighted by molar-refractivity contribution is 5.94. The van der Waals surface area contributed by atoms with Crippen LogP contribution in [0.4, 0.5) is 22.0 Å². The molecule has 0 N–H and O–H groups in total. The van der Waals surface area contributed by atoms with Gasteiger partial charge in [-0.05, 0) is 25.0 Å². The first kappa shape index (κ1) is 23.1. The lowest BCUT2D eigenvalue weighted by molar-refractivity contribution is 0.0498. The van der Waals surface area contributed by atoms with Crippen LogP contribution in [-0.2, 0) is 11.3 Å². The quantitative estimate of drug-likeness (QED) is 0.130. The summed E-state index contributed by atoms with van der Waals surface area (Å²) in [6.07, 6.45) is 2.05. The lowest BCUT2D eigenvalue weighted by Gasteiger charge is -2.10. The largest absolute Gasteiger partial charge is 0.371 e. The van der Waals surface area contributed by atoms with E-state index in [-0.39, 0.29) is 17.5 Å². The topological polar surface area (TPSA) is 60.7 Å². The number of fused-ring (bicyclic) bond motifs is 1. The fourth-order valence-corrected chi connectivity index (χ4v) is 3.18.